The number of carbonyl (C=O) groups is 1. The minimum absolute atomic E-state index is 0.235. The van der Waals surface area contributed by atoms with Gasteiger partial charge in [0.2, 0.25) is 9.47 Å². The SMILES string of the molecule is O=C(Nc1ccc(-c2nccs2)cc1)c1nnc(Cl)s1. The van der Waals surface area contributed by atoms with E-state index in [0.717, 1.165) is 21.9 Å². The summed E-state index contributed by atoms with van der Waals surface area (Å²) in [6.07, 6.45) is 1.76. The van der Waals surface area contributed by atoms with Crippen LogP contribution in [0.4, 0.5) is 5.69 Å². The van der Waals surface area contributed by atoms with Crippen LogP contribution in [0.15, 0.2) is 35.8 Å². The van der Waals surface area contributed by atoms with Crippen LogP contribution in [0, 0.1) is 0 Å². The van der Waals surface area contributed by atoms with Crippen LogP contribution in [0.25, 0.3) is 10.6 Å². The van der Waals surface area contributed by atoms with Crippen molar-refractivity contribution in [3.63, 3.8) is 0 Å². The first-order chi connectivity index (χ1) is 9.72. The average molecular weight is 323 g/mol. The smallest absolute Gasteiger partial charge is 0.286 e. The van der Waals surface area contributed by atoms with Crippen LogP contribution >= 0.6 is 34.3 Å². The van der Waals surface area contributed by atoms with E-state index in [9.17, 15) is 4.79 Å². The van der Waals surface area contributed by atoms with Crippen molar-refractivity contribution in [1.29, 1.82) is 0 Å². The van der Waals surface area contributed by atoms with E-state index in [4.69, 9.17) is 11.6 Å². The number of carbonyl (C=O) groups excluding carboxylic acids is 1. The number of nitrogens with zero attached hydrogens (tertiary/aromatic N) is 3. The Kier molecular flexibility index (Phi) is 3.72. The Morgan fingerprint density at radius 2 is 2.00 bits per heavy atom. The molecule has 0 saturated carbocycles. The van der Waals surface area contributed by atoms with Gasteiger partial charge in [-0.25, -0.2) is 4.98 Å². The minimum Gasteiger partial charge on any atom is -0.320 e. The first-order valence-electron chi connectivity index (χ1n) is 5.52. The van der Waals surface area contributed by atoms with E-state index in [1.165, 1.54) is 0 Å². The molecule has 1 amide bonds. The lowest BCUT2D eigenvalue weighted by atomic mass is 10.2. The molecule has 8 heteroatoms. The number of nitrogens with one attached hydrogen (secondary N) is 1. The molecule has 3 rings (SSSR count). The molecule has 100 valence electrons. The topological polar surface area (TPSA) is 67.8 Å². The number of thiazole rings is 1. The fraction of sp³-hybridized carbons (Fsp3) is 0. The summed E-state index contributed by atoms with van der Waals surface area (Å²) < 4.78 is 0.245. The summed E-state index contributed by atoms with van der Waals surface area (Å²) >= 11 is 8.25. The molecule has 0 radical (unpaired) electrons. The van der Waals surface area contributed by atoms with Crippen molar-refractivity contribution in [2.24, 2.45) is 0 Å². The van der Waals surface area contributed by atoms with Gasteiger partial charge in [-0.3, -0.25) is 4.79 Å². The molecule has 0 saturated heterocycles. The molecule has 2 aromatic heterocycles. The van der Waals surface area contributed by atoms with E-state index >= 15 is 0 Å². The third kappa shape index (κ3) is 2.84. The quantitative estimate of drug-likeness (QED) is 0.800. The summed E-state index contributed by atoms with van der Waals surface area (Å²) in [4.78, 5) is 16.1. The minimum atomic E-state index is -0.323. The Morgan fingerprint density at radius 1 is 1.20 bits per heavy atom. The first-order valence-corrected chi connectivity index (χ1v) is 7.60. The van der Waals surface area contributed by atoms with E-state index in [-0.39, 0.29) is 15.4 Å². The van der Waals surface area contributed by atoms with Crippen LogP contribution in [0.1, 0.15) is 9.80 Å². The lowest BCUT2D eigenvalue weighted by molar-refractivity contribution is 0.102. The number of hydrogen-bond acceptors (Lipinski definition) is 6. The number of aromatic nitrogens is 3. The summed E-state index contributed by atoms with van der Waals surface area (Å²) in [5.41, 5.74) is 1.69. The maximum absolute atomic E-state index is 11.9. The monoisotopic (exact) mass is 322 g/mol. The van der Waals surface area contributed by atoms with Crippen molar-refractivity contribution >= 4 is 45.9 Å². The molecule has 5 nitrogen and oxygen atoms in total. The number of hydrogen-bond donors (Lipinski definition) is 1. The van der Waals surface area contributed by atoms with E-state index in [2.05, 4.69) is 20.5 Å². The normalized spacial score (nSPS) is 10.4. The number of benzene rings is 1. The summed E-state index contributed by atoms with van der Waals surface area (Å²) in [7, 11) is 0. The summed E-state index contributed by atoms with van der Waals surface area (Å²) in [6, 6.07) is 7.44. The standard InChI is InChI=1S/C12H7ClN4OS2/c13-12-17-16-11(20-12)9(18)15-8-3-1-7(2-4-8)10-14-5-6-19-10/h1-6H,(H,15,18). The molecule has 3 aromatic rings. The molecule has 0 aliphatic carbocycles. The van der Waals surface area contributed by atoms with Crippen LogP contribution in [0.3, 0.4) is 0 Å². The lowest BCUT2D eigenvalue weighted by Crippen LogP contribution is -2.11. The van der Waals surface area contributed by atoms with Crippen molar-refractivity contribution in [2.75, 3.05) is 5.32 Å². The number of anilines is 1. The van der Waals surface area contributed by atoms with Crippen molar-refractivity contribution < 1.29 is 4.79 Å². The van der Waals surface area contributed by atoms with Gasteiger partial charge in [-0.2, -0.15) is 0 Å². The van der Waals surface area contributed by atoms with Crippen molar-refractivity contribution in [2.45, 2.75) is 0 Å². The molecule has 0 aliphatic rings. The van der Waals surface area contributed by atoms with E-state index < -0.39 is 0 Å². The molecule has 0 bridgehead atoms. The molecule has 0 unspecified atom stereocenters. The van der Waals surface area contributed by atoms with Crippen molar-refractivity contribution in [3.05, 3.63) is 45.3 Å². The Labute approximate surface area is 127 Å². The van der Waals surface area contributed by atoms with Crippen molar-refractivity contribution in [1.82, 2.24) is 15.2 Å². The highest BCUT2D eigenvalue weighted by Crippen LogP contribution is 2.23. The second kappa shape index (κ2) is 5.66. The molecule has 0 aliphatic heterocycles. The predicted octanol–water partition coefficient (Wildman–Crippen LogP) is 3.57. The molecule has 0 spiro atoms. The van der Waals surface area contributed by atoms with Crippen LogP contribution in [-0.2, 0) is 0 Å². The second-order valence-electron chi connectivity index (χ2n) is 3.73. The zero-order valence-corrected chi connectivity index (χ0v) is 12.3. The van der Waals surface area contributed by atoms with Gasteiger partial charge in [-0.05, 0) is 35.9 Å². The van der Waals surface area contributed by atoms with E-state index in [0.29, 0.717) is 5.69 Å². The second-order valence-corrected chi connectivity index (χ2v) is 6.18. The van der Waals surface area contributed by atoms with Gasteiger partial charge in [0.1, 0.15) is 5.01 Å². The first kappa shape index (κ1) is 13.2. The molecular formula is C12H7ClN4OS2. The molecular weight excluding hydrogens is 316 g/mol. The van der Waals surface area contributed by atoms with Crippen LogP contribution in [-0.4, -0.2) is 21.1 Å². The van der Waals surface area contributed by atoms with Gasteiger partial charge >= 0.3 is 0 Å². The molecule has 1 N–H and O–H groups in total. The zero-order chi connectivity index (χ0) is 13.9. The van der Waals surface area contributed by atoms with Gasteiger partial charge in [-0.1, -0.05) is 11.3 Å². The fourth-order valence-electron chi connectivity index (χ4n) is 1.54. The van der Waals surface area contributed by atoms with Crippen LogP contribution < -0.4 is 5.32 Å². The largest absolute Gasteiger partial charge is 0.320 e. The Bertz CT molecular complexity index is 724. The van der Waals surface area contributed by atoms with Gasteiger partial charge in [-0.15, -0.1) is 21.5 Å². The maximum Gasteiger partial charge on any atom is 0.286 e. The van der Waals surface area contributed by atoms with Gasteiger partial charge in [0.25, 0.3) is 5.91 Å². The van der Waals surface area contributed by atoms with Crippen LogP contribution in [0.5, 0.6) is 0 Å². The fourth-order valence-corrected chi connectivity index (χ4v) is 2.91. The highest BCUT2D eigenvalue weighted by Gasteiger charge is 2.12. The Hall–Kier alpha value is -1.83. The molecule has 2 heterocycles. The summed E-state index contributed by atoms with van der Waals surface area (Å²) in [6.45, 7) is 0. The summed E-state index contributed by atoms with van der Waals surface area (Å²) in [5, 5.41) is 13.1. The Morgan fingerprint density at radius 3 is 2.60 bits per heavy atom. The van der Waals surface area contributed by atoms with E-state index in [1.54, 1.807) is 17.5 Å². The lowest BCUT2D eigenvalue weighted by Gasteiger charge is -2.03. The summed E-state index contributed by atoms with van der Waals surface area (Å²) in [5.74, 6) is -0.323. The van der Waals surface area contributed by atoms with Gasteiger partial charge in [0, 0.05) is 22.8 Å². The van der Waals surface area contributed by atoms with Gasteiger partial charge in [0.15, 0.2) is 0 Å². The van der Waals surface area contributed by atoms with Crippen molar-refractivity contribution in [3.8, 4) is 10.6 Å². The Balaban J connectivity index is 1.74. The molecule has 1 aromatic carbocycles. The third-order valence-corrected chi connectivity index (χ3v) is 4.26. The highest BCUT2D eigenvalue weighted by molar-refractivity contribution is 7.17. The maximum atomic E-state index is 11.9. The third-order valence-electron chi connectivity index (χ3n) is 2.42. The number of rotatable bonds is 3. The van der Waals surface area contributed by atoms with Crippen LogP contribution in [0.2, 0.25) is 4.47 Å². The highest BCUT2D eigenvalue weighted by atomic mass is 35.5. The number of amides is 1. The molecule has 20 heavy (non-hydrogen) atoms. The number of halogens is 1. The van der Waals surface area contributed by atoms with Gasteiger partial charge in [0.05, 0.1) is 0 Å². The molecule has 0 fully saturated rings. The predicted molar refractivity (Wildman–Crippen MR) is 80.4 cm³/mol. The average Bonchev–Trinajstić information content (AvgIpc) is 3.10. The molecule has 0 atom stereocenters. The van der Waals surface area contributed by atoms with E-state index in [1.807, 2.05) is 29.6 Å². The zero-order valence-electron chi connectivity index (χ0n) is 9.91. The van der Waals surface area contributed by atoms with Gasteiger partial charge < -0.3 is 5.32 Å².